The van der Waals surface area contributed by atoms with Crippen LogP contribution in [0.2, 0.25) is 0 Å². The third kappa shape index (κ3) is 2.79. The van der Waals surface area contributed by atoms with Crippen LogP contribution in [0.4, 0.5) is 0 Å². The number of thioether (sulfide) groups is 1. The second-order valence-electron chi connectivity index (χ2n) is 5.31. The van der Waals surface area contributed by atoms with Crippen molar-refractivity contribution >= 4 is 22.7 Å². The molecular formula is C15H21N3OS. The molecule has 0 saturated heterocycles. The van der Waals surface area contributed by atoms with Crippen molar-refractivity contribution < 1.29 is 4.74 Å². The lowest BCUT2D eigenvalue weighted by Gasteiger charge is -2.27. The molecule has 0 atom stereocenters. The molecule has 108 valence electrons. The van der Waals surface area contributed by atoms with E-state index in [2.05, 4.69) is 23.2 Å². The first-order chi connectivity index (χ1) is 9.78. The second kappa shape index (κ2) is 6.06. The summed E-state index contributed by atoms with van der Waals surface area (Å²) in [5.41, 5.74) is 7.02. The monoisotopic (exact) mass is 291 g/mol. The molecule has 4 nitrogen and oxygen atoms in total. The molecule has 0 bridgehead atoms. The van der Waals surface area contributed by atoms with Crippen LogP contribution < -0.4 is 10.5 Å². The van der Waals surface area contributed by atoms with Gasteiger partial charge in [0.1, 0.15) is 5.75 Å². The SMILES string of the molecule is CCSc1c(OC2CCC(N)CC2)ccc2[nH]ncc12. The molecule has 0 radical (unpaired) electrons. The summed E-state index contributed by atoms with van der Waals surface area (Å²) < 4.78 is 6.25. The van der Waals surface area contributed by atoms with Crippen LogP contribution in [0.25, 0.3) is 10.9 Å². The number of H-pyrrole nitrogens is 1. The molecular weight excluding hydrogens is 270 g/mol. The molecule has 20 heavy (non-hydrogen) atoms. The smallest absolute Gasteiger partial charge is 0.134 e. The second-order valence-corrected chi connectivity index (χ2v) is 6.59. The highest BCUT2D eigenvalue weighted by Gasteiger charge is 2.21. The summed E-state index contributed by atoms with van der Waals surface area (Å²) in [6.07, 6.45) is 6.43. The zero-order valence-electron chi connectivity index (χ0n) is 11.8. The molecule has 1 saturated carbocycles. The summed E-state index contributed by atoms with van der Waals surface area (Å²) in [5.74, 6) is 2.02. The van der Waals surface area contributed by atoms with E-state index < -0.39 is 0 Å². The quantitative estimate of drug-likeness (QED) is 0.848. The van der Waals surface area contributed by atoms with Gasteiger partial charge in [-0.15, -0.1) is 11.8 Å². The lowest BCUT2D eigenvalue weighted by molar-refractivity contribution is 0.144. The summed E-state index contributed by atoms with van der Waals surface area (Å²) in [6.45, 7) is 2.16. The molecule has 1 heterocycles. The Labute approximate surface area is 123 Å². The van der Waals surface area contributed by atoms with Crippen LogP contribution in [0.3, 0.4) is 0 Å². The molecule has 3 N–H and O–H groups in total. The average molecular weight is 291 g/mol. The first kappa shape index (κ1) is 13.8. The van der Waals surface area contributed by atoms with Gasteiger partial charge in [0.15, 0.2) is 0 Å². The zero-order chi connectivity index (χ0) is 13.9. The molecule has 1 aromatic heterocycles. The molecule has 5 heteroatoms. The van der Waals surface area contributed by atoms with Crippen LogP contribution >= 0.6 is 11.8 Å². The molecule has 1 aliphatic rings. The van der Waals surface area contributed by atoms with E-state index >= 15 is 0 Å². The fourth-order valence-electron chi connectivity index (χ4n) is 2.74. The van der Waals surface area contributed by atoms with E-state index in [4.69, 9.17) is 10.5 Å². The predicted molar refractivity (Wildman–Crippen MR) is 83.4 cm³/mol. The summed E-state index contributed by atoms with van der Waals surface area (Å²) in [4.78, 5) is 1.20. The van der Waals surface area contributed by atoms with Crippen LogP contribution in [0.5, 0.6) is 5.75 Å². The highest BCUT2D eigenvalue weighted by Crippen LogP contribution is 2.37. The van der Waals surface area contributed by atoms with Gasteiger partial charge in [0.25, 0.3) is 0 Å². The van der Waals surface area contributed by atoms with Crippen molar-refractivity contribution in [3.05, 3.63) is 18.3 Å². The maximum Gasteiger partial charge on any atom is 0.134 e. The van der Waals surface area contributed by atoms with Crippen LogP contribution in [-0.2, 0) is 0 Å². The van der Waals surface area contributed by atoms with E-state index in [0.717, 1.165) is 48.1 Å². The lowest BCUT2D eigenvalue weighted by atomic mass is 9.94. The number of nitrogens with zero attached hydrogens (tertiary/aromatic N) is 1. The molecule has 1 aromatic carbocycles. The number of aromatic nitrogens is 2. The average Bonchev–Trinajstić information content (AvgIpc) is 2.92. The van der Waals surface area contributed by atoms with E-state index in [0.29, 0.717) is 12.1 Å². The van der Waals surface area contributed by atoms with Gasteiger partial charge >= 0.3 is 0 Å². The van der Waals surface area contributed by atoms with Crippen molar-refractivity contribution in [3.8, 4) is 5.75 Å². The number of ether oxygens (including phenoxy) is 1. The Hall–Kier alpha value is -1.20. The highest BCUT2D eigenvalue weighted by molar-refractivity contribution is 7.99. The molecule has 1 aliphatic carbocycles. The summed E-state index contributed by atoms with van der Waals surface area (Å²) in [6, 6.07) is 4.47. The standard InChI is InChI=1S/C15H21N3OS/c1-2-20-15-12-9-17-18-13(12)7-8-14(15)19-11-5-3-10(16)4-6-11/h7-11H,2-6,16H2,1H3,(H,17,18). The maximum atomic E-state index is 6.25. The van der Waals surface area contributed by atoms with Gasteiger partial charge in [-0.3, -0.25) is 5.10 Å². The number of nitrogens with one attached hydrogen (secondary N) is 1. The minimum atomic E-state index is 0.301. The molecule has 1 fully saturated rings. The van der Waals surface area contributed by atoms with Crippen molar-refractivity contribution in [2.75, 3.05) is 5.75 Å². The number of nitrogens with two attached hydrogens (primary N) is 1. The van der Waals surface area contributed by atoms with E-state index in [-0.39, 0.29) is 0 Å². The fraction of sp³-hybridized carbons (Fsp3) is 0.533. The van der Waals surface area contributed by atoms with E-state index in [1.807, 2.05) is 24.0 Å². The topological polar surface area (TPSA) is 63.9 Å². The molecule has 0 aliphatic heterocycles. The Balaban J connectivity index is 1.84. The molecule has 0 amide bonds. The minimum absolute atomic E-state index is 0.301. The molecule has 0 unspecified atom stereocenters. The summed E-state index contributed by atoms with van der Waals surface area (Å²) in [7, 11) is 0. The van der Waals surface area contributed by atoms with Gasteiger partial charge in [0.2, 0.25) is 0 Å². The summed E-state index contributed by atoms with van der Waals surface area (Å²) in [5, 5.41) is 8.31. The van der Waals surface area contributed by atoms with Gasteiger partial charge in [-0.1, -0.05) is 6.92 Å². The van der Waals surface area contributed by atoms with Crippen molar-refractivity contribution in [1.29, 1.82) is 0 Å². The Morgan fingerprint density at radius 1 is 1.35 bits per heavy atom. The number of hydrogen-bond donors (Lipinski definition) is 2. The fourth-order valence-corrected chi connectivity index (χ4v) is 3.61. The van der Waals surface area contributed by atoms with Crippen molar-refractivity contribution in [1.82, 2.24) is 10.2 Å². The number of rotatable bonds is 4. The molecule has 3 rings (SSSR count). The van der Waals surface area contributed by atoms with Crippen molar-refractivity contribution in [2.45, 2.75) is 49.6 Å². The van der Waals surface area contributed by atoms with Gasteiger partial charge in [0.05, 0.1) is 22.7 Å². The van der Waals surface area contributed by atoms with Gasteiger partial charge in [-0.2, -0.15) is 5.10 Å². The Morgan fingerprint density at radius 3 is 2.90 bits per heavy atom. The van der Waals surface area contributed by atoms with E-state index in [9.17, 15) is 0 Å². The number of hydrogen-bond acceptors (Lipinski definition) is 4. The molecule has 0 spiro atoms. The van der Waals surface area contributed by atoms with E-state index in [1.165, 1.54) is 4.90 Å². The van der Waals surface area contributed by atoms with Gasteiger partial charge in [-0.25, -0.2) is 0 Å². The van der Waals surface area contributed by atoms with Crippen LogP contribution in [0.15, 0.2) is 23.2 Å². The summed E-state index contributed by atoms with van der Waals surface area (Å²) >= 11 is 1.82. The number of benzene rings is 1. The highest BCUT2D eigenvalue weighted by atomic mass is 32.2. The van der Waals surface area contributed by atoms with Crippen LogP contribution in [0.1, 0.15) is 32.6 Å². The Kier molecular flexibility index (Phi) is 4.17. The van der Waals surface area contributed by atoms with Crippen molar-refractivity contribution in [3.63, 3.8) is 0 Å². The zero-order valence-corrected chi connectivity index (χ0v) is 12.6. The first-order valence-electron chi connectivity index (χ1n) is 7.29. The van der Waals surface area contributed by atoms with Crippen LogP contribution in [0, 0.1) is 0 Å². The predicted octanol–water partition coefficient (Wildman–Crippen LogP) is 3.32. The third-order valence-electron chi connectivity index (χ3n) is 3.84. The van der Waals surface area contributed by atoms with Gasteiger partial charge in [0, 0.05) is 11.4 Å². The largest absolute Gasteiger partial charge is 0.489 e. The maximum absolute atomic E-state index is 6.25. The Bertz CT molecular complexity index is 576. The molecule has 2 aromatic rings. The van der Waals surface area contributed by atoms with E-state index in [1.54, 1.807) is 0 Å². The van der Waals surface area contributed by atoms with Gasteiger partial charge < -0.3 is 10.5 Å². The minimum Gasteiger partial charge on any atom is -0.489 e. The Morgan fingerprint density at radius 2 is 2.15 bits per heavy atom. The third-order valence-corrected chi connectivity index (χ3v) is 4.84. The first-order valence-corrected chi connectivity index (χ1v) is 8.27. The number of aromatic amines is 1. The van der Waals surface area contributed by atoms with Crippen molar-refractivity contribution in [2.24, 2.45) is 5.73 Å². The lowest BCUT2D eigenvalue weighted by Crippen LogP contribution is -2.31. The van der Waals surface area contributed by atoms with Crippen LogP contribution in [-0.4, -0.2) is 28.1 Å². The van der Waals surface area contributed by atoms with Gasteiger partial charge in [-0.05, 0) is 43.6 Å². The normalized spacial score (nSPS) is 23.1. The number of fused-ring (bicyclic) bond motifs is 1.